The predicted octanol–water partition coefficient (Wildman–Crippen LogP) is 2.45. The Morgan fingerprint density at radius 2 is 2.05 bits per heavy atom. The summed E-state index contributed by atoms with van der Waals surface area (Å²) in [6, 6.07) is 9.11. The van der Waals surface area contributed by atoms with Crippen LogP contribution in [0.15, 0.2) is 41.3 Å². The maximum Gasteiger partial charge on any atom is 0.263 e. The molecule has 0 atom stereocenters. The van der Waals surface area contributed by atoms with Crippen molar-refractivity contribution < 1.29 is 4.52 Å². The molecule has 3 aromatic rings. The molecule has 3 rings (SSSR count). The third-order valence-electron chi connectivity index (χ3n) is 2.75. The molecule has 0 fully saturated rings. The van der Waals surface area contributed by atoms with Crippen molar-refractivity contribution in [3.8, 4) is 17.5 Å². The second-order valence-electron chi connectivity index (χ2n) is 4.25. The van der Waals surface area contributed by atoms with Crippen LogP contribution in [0.5, 0.6) is 0 Å². The summed E-state index contributed by atoms with van der Waals surface area (Å²) in [5, 5.41) is 15.7. The van der Waals surface area contributed by atoms with Crippen LogP contribution in [-0.2, 0) is 0 Å². The Morgan fingerprint density at radius 1 is 1.24 bits per heavy atom. The molecule has 1 N–H and O–H groups in total. The zero-order chi connectivity index (χ0) is 14.7. The van der Waals surface area contributed by atoms with Gasteiger partial charge in [0.15, 0.2) is 5.82 Å². The number of aromatic nitrogens is 4. The van der Waals surface area contributed by atoms with Gasteiger partial charge in [-0.2, -0.15) is 10.2 Å². The summed E-state index contributed by atoms with van der Waals surface area (Å²) in [7, 11) is 0. The van der Waals surface area contributed by atoms with Gasteiger partial charge in [-0.25, -0.2) is 9.97 Å². The SMILES string of the molecule is Cc1noc(-c2cncnc2Nc2ccc(C#N)cc2)n1. The molecule has 0 amide bonds. The van der Waals surface area contributed by atoms with Crippen LogP contribution in [0.4, 0.5) is 11.5 Å². The Kier molecular flexibility index (Phi) is 3.27. The molecule has 0 saturated heterocycles. The summed E-state index contributed by atoms with van der Waals surface area (Å²) >= 11 is 0. The van der Waals surface area contributed by atoms with Gasteiger partial charge in [0.25, 0.3) is 5.89 Å². The molecule has 2 heterocycles. The topological polar surface area (TPSA) is 101 Å². The van der Waals surface area contributed by atoms with Crippen molar-refractivity contribution in [3.05, 3.63) is 48.2 Å². The number of benzene rings is 1. The fourth-order valence-electron chi connectivity index (χ4n) is 1.76. The number of nitriles is 1. The van der Waals surface area contributed by atoms with E-state index < -0.39 is 0 Å². The highest BCUT2D eigenvalue weighted by atomic mass is 16.5. The Labute approximate surface area is 120 Å². The van der Waals surface area contributed by atoms with Crippen molar-refractivity contribution in [2.45, 2.75) is 6.92 Å². The van der Waals surface area contributed by atoms with Crippen LogP contribution in [-0.4, -0.2) is 20.1 Å². The summed E-state index contributed by atoms with van der Waals surface area (Å²) in [6.07, 6.45) is 3.03. The molecule has 21 heavy (non-hydrogen) atoms. The molecule has 0 aliphatic heterocycles. The normalized spacial score (nSPS) is 10.1. The van der Waals surface area contributed by atoms with Crippen LogP contribution >= 0.6 is 0 Å². The lowest BCUT2D eigenvalue weighted by Crippen LogP contribution is -1.97. The third kappa shape index (κ3) is 2.69. The van der Waals surface area contributed by atoms with Gasteiger partial charge in [0, 0.05) is 11.9 Å². The molecule has 2 aromatic heterocycles. The number of anilines is 2. The van der Waals surface area contributed by atoms with Gasteiger partial charge in [-0.15, -0.1) is 0 Å². The van der Waals surface area contributed by atoms with E-state index >= 15 is 0 Å². The van der Waals surface area contributed by atoms with E-state index in [1.807, 2.05) is 0 Å². The fourth-order valence-corrected chi connectivity index (χ4v) is 1.76. The van der Waals surface area contributed by atoms with Crippen LogP contribution < -0.4 is 5.32 Å². The zero-order valence-corrected chi connectivity index (χ0v) is 11.1. The molecule has 0 saturated carbocycles. The van der Waals surface area contributed by atoms with Gasteiger partial charge >= 0.3 is 0 Å². The molecule has 0 aliphatic rings. The first kappa shape index (κ1) is 12.7. The standard InChI is InChI=1S/C14H10N6O/c1-9-18-14(21-20-9)12-7-16-8-17-13(12)19-11-4-2-10(6-15)3-5-11/h2-5,7-8H,1H3,(H,16,17,19). The minimum absolute atomic E-state index is 0.351. The Morgan fingerprint density at radius 3 is 2.71 bits per heavy atom. The van der Waals surface area contributed by atoms with Crippen molar-refractivity contribution in [1.29, 1.82) is 5.26 Å². The zero-order valence-electron chi connectivity index (χ0n) is 11.1. The molecular formula is C14H10N6O. The van der Waals surface area contributed by atoms with Gasteiger partial charge in [0.2, 0.25) is 0 Å². The minimum Gasteiger partial charge on any atom is -0.339 e. The maximum absolute atomic E-state index is 8.79. The van der Waals surface area contributed by atoms with Crippen LogP contribution in [0.25, 0.3) is 11.5 Å². The molecule has 0 aliphatic carbocycles. The summed E-state index contributed by atoms with van der Waals surface area (Å²) in [6.45, 7) is 1.74. The Bertz CT molecular complexity index is 803. The molecule has 7 heteroatoms. The number of hydrogen-bond donors (Lipinski definition) is 1. The van der Waals surface area contributed by atoms with Gasteiger partial charge in [0.05, 0.1) is 11.6 Å². The van der Waals surface area contributed by atoms with Gasteiger partial charge in [-0.3, -0.25) is 0 Å². The van der Waals surface area contributed by atoms with Gasteiger partial charge in [-0.05, 0) is 31.2 Å². The van der Waals surface area contributed by atoms with Crippen molar-refractivity contribution in [2.24, 2.45) is 0 Å². The lowest BCUT2D eigenvalue weighted by molar-refractivity contribution is 0.425. The Balaban J connectivity index is 1.93. The van der Waals surface area contributed by atoms with Crippen molar-refractivity contribution >= 4 is 11.5 Å². The number of aryl methyl sites for hydroxylation is 1. The average Bonchev–Trinajstić information content (AvgIpc) is 2.95. The summed E-state index contributed by atoms with van der Waals surface area (Å²) in [5.74, 6) is 1.45. The summed E-state index contributed by atoms with van der Waals surface area (Å²) in [5.41, 5.74) is 2.00. The third-order valence-corrected chi connectivity index (χ3v) is 2.75. The van der Waals surface area contributed by atoms with Crippen molar-refractivity contribution in [1.82, 2.24) is 20.1 Å². The van der Waals surface area contributed by atoms with Crippen molar-refractivity contribution in [3.63, 3.8) is 0 Å². The molecule has 102 valence electrons. The first-order valence-electron chi connectivity index (χ1n) is 6.14. The van der Waals surface area contributed by atoms with Crippen LogP contribution in [0.2, 0.25) is 0 Å². The highest BCUT2D eigenvalue weighted by Gasteiger charge is 2.13. The molecule has 0 unspecified atom stereocenters. The van der Waals surface area contributed by atoms with E-state index in [1.54, 1.807) is 37.4 Å². The molecule has 0 bridgehead atoms. The van der Waals surface area contributed by atoms with E-state index in [-0.39, 0.29) is 0 Å². The lowest BCUT2D eigenvalue weighted by Gasteiger charge is -2.07. The Hall–Kier alpha value is -3.27. The van der Waals surface area contributed by atoms with Gasteiger partial charge in [-0.1, -0.05) is 5.16 Å². The summed E-state index contributed by atoms with van der Waals surface area (Å²) < 4.78 is 5.14. The van der Waals surface area contributed by atoms with E-state index in [0.29, 0.717) is 28.7 Å². The number of nitrogens with one attached hydrogen (secondary N) is 1. The van der Waals surface area contributed by atoms with Crippen molar-refractivity contribution in [2.75, 3.05) is 5.32 Å². The number of nitrogens with zero attached hydrogens (tertiary/aromatic N) is 5. The molecular weight excluding hydrogens is 268 g/mol. The van der Waals surface area contributed by atoms with Gasteiger partial charge in [0.1, 0.15) is 17.7 Å². The van der Waals surface area contributed by atoms with Crippen LogP contribution in [0.3, 0.4) is 0 Å². The largest absolute Gasteiger partial charge is 0.339 e. The lowest BCUT2D eigenvalue weighted by atomic mass is 10.2. The highest BCUT2D eigenvalue weighted by molar-refractivity contribution is 5.72. The maximum atomic E-state index is 8.79. The van der Waals surface area contributed by atoms with E-state index in [4.69, 9.17) is 9.78 Å². The first-order valence-corrected chi connectivity index (χ1v) is 6.14. The quantitative estimate of drug-likeness (QED) is 0.785. The second-order valence-corrected chi connectivity index (χ2v) is 4.25. The molecule has 0 radical (unpaired) electrons. The first-order chi connectivity index (χ1) is 10.3. The predicted molar refractivity (Wildman–Crippen MR) is 74.5 cm³/mol. The average molecular weight is 278 g/mol. The highest BCUT2D eigenvalue weighted by Crippen LogP contribution is 2.26. The van der Waals surface area contributed by atoms with E-state index in [0.717, 1.165) is 5.69 Å². The molecule has 1 aromatic carbocycles. The second kappa shape index (κ2) is 5.38. The fraction of sp³-hybridized carbons (Fsp3) is 0.0714. The van der Waals surface area contributed by atoms with Gasteiger partial charge < -0.3 is 9.84 Å². The van der Waals surface area contributed by atoms with Crippen LogP contribution in [0.1, 0.15) is 11.4 Å². The van der Waals surface area contributed by atoms with E-state index in [2.05, 4.69) is 31.5 Å². The summed E-state index contributed by atoms with van der Waals surface area (Å²) in [4.78, 5) is 12.3. The monoisotopic (exact) mass is 278 g/mol. The van der Waals surface area contributed by atoms with E-state index in [1.165, 1.54) is 6.33 Å². The number of hydrogen-bond acceptors (Lipinski definition) is 7. The molecule has 0 spiro atoms. The minimum atomic E-state index is 0.351. The molecule has 7 nitrogen and oxygen atoms in total. The smallest absolute Gasteiger partial charge is 0.263 e. The van der Waals surface area contributed by atoms with E-state index in [9.17, 15) is 0 Å². The number of rotatable bonds is 3. The van der Waals surface area contributed by atoms with Crippen LogP contribution in [0, 0.1) is 18.3 Å².